The molecule has 0 aliphatic heterocycles. The molecule has 7 nitrogen and oxygen atoms in total. The first-order valence-electron chi connectivity index (χ1n) is 7.61. The van der Waals surface area contributed by atoms with Gasteiger partial charge in [-0.15, -0.1) is 0 Å². The maximum atomic E-state index is 12.0. The third-order valence-corrected chi connectivity index (χ3v) is 7.52. The van der Waals surface area contributed by atoms with Crippen molar-refractivity contribution in [2.24, 2.45) is 0 Å². The molecule has 1 rings (SSSR count). The van der Waals surface area contributed by atoms with Gasteiger partial charge in [-0.25, -0.2) is 8.42 Å². The molecule has 1 unspecified atom stereocenters. The Morgan fingerprint density at radius 3 is 2.12 bits per heavy atom. The molecule has 0 bridgehead atoms. The van der Waals surface area contributed by atoms with E-state index in [1.165, 1.54) is 22.6 Å². The zero-order valence-electron chi connectivity index (χ0n) is 15.6. The van der Waals surface area contributed by atoms with E-state index in [9.17, 15) is 17.5 Å². The van der Waals surface area contributed by atoms with Gasteiger partial charge in [0.05, 0.1) is 40.1 Å². The van der Waals surface area contributed by atoms with Gasteiger partial charge in [0.25, 0.3) is 6.57 Å². The van der Waals surface area contributed by atoms with Crippen LogP contribution in [0.5, 0.6) is 0 Å². The summed E-state index contributed by atoms with van der Waals surface area (Å²) >= 11 is 1.45. The highest BCUT2D eigenvalue weighted by Crippen LogP contribution is 2.55. The maximum absolute atomic E-state index is 12.0. The van der Waals surface area contributed by atoms with Crippen LogP contribution in [0.3, 0.4) is 0 Å². The van der Waals surface area contributed by atoms with Crippen LogP contribution < -0.4 is 4.48 Å². The number of rotatable bonds is 8. The average Bonchev–Trinajstić information content (AvgIpc) is 2.47. The van der Waals surface area contributed by atoms with Crippen LogP contribution >= 0.6 is 18.0 Å². The molecule has 0 aromatic heterocycles. The van der Waals surface area contributed by atoms with E-state index in [0.717, 1.165) is 23.9 Å². The van der Waals surface area contributed by atoms with E-state index >= 15 is 0 Å². The van der Waals surface area contributed by atoms with Crippen LogP contribution in [0.15, 0.2) is 24.3 Å². The highest BCUT2D eigenvalue weighted by atomic mass is 32.7. The highest BCUT2D eigenvalue weighted by Gasteiger charge is 2.22. The lowest BCUT2D eigenvalue weighted by Gasteiger charge is -2.29. The highest BCUT2D eigenvalue weighted by molar-refractivity contribution is 8.56. The molecule has 0 heterocycles. The Kier molecular flexibility index (Phi) is 10.5. The van der Waals surface area contributed by atoms with Gasteiger partial charge in [-0.1, -0.05) is 29.1 Å². The number of benzene rings is 1. The Labute approximate surface area is 155 Å². The molecule has 0 saturated carbocycles. The van der Waals surface area contributed by atoms with Crippen LogP contribution in [-0.4, -0.2) is 59.7 Å². The van der Waals surface area contributed by atoms with Gasteiger partial charge in [0.1, 0.15) is 5.69 Å². The Bertz CT molecular complexity index is 661. The van der Waals surface area contributed by atoms with Gasteiger partial charge in [0, 0.05) is 6.66 Å². The predicted octanol–water partition coefficient (Wildman–Crippen LogP) is 3.25. The summed E-state index contributed by atoms with van der Waals surface area (Å²) in [6.07, 6.45) is 0. The van der Waals surface area contributed by atoms with E-state index in [1.807, 2.05) is 6.92 Å². The molecule has 0 amide bonds. The molecule has 0 N–H and O–H groups in total. The monoisotopic (exact) mass is 413 g/mol. The molecule has 25 heavy (non-hydrogen) atoms. The minimum absolute atomic E-state index is 0.511. The normalized spacial score (nSPS) is 14.4. The summed E-state index contributed by atoms with van der Waals surface area (Å²) in [5.74, 6) is 0.828. The van der Waals surface area contributed by atoms with Gasteiger partial charge in [0.15, 0.2) is 0 Å². The van der Waals surface area contributed by atoms with E-state index in [-0.39, 0.29) is 0 Å². The van der Waals surface area contributed by atoms with Crippen molar-refractivity contribution in [1.29, 1.82) is 0 Å². The molecule has 0 radical (unpaired) electrons. The lowest BCUT2D eigenvalue weighted by Crippen LogP contribution is -2.42. The van der Waals surface area contributed by atoms with Crippen molar-refractivity contribution in [3.63, 3.8) is 0 Å². The molecule has 0 spiro atoms. The van der Waals surface area contributed by atoms with Gasteiger partial charge in [0.2, 0.25) is 10.4 Å². The molecule has 1 atom stereocenters. The second-order valence-corrected chi connectivity index (χ2v) is 12.2. The summed E-state index contributed by atoms with van der Waals surface area (Å²) in [5, 5.41) is 0. The van der Waals surface area contributed by atoms with E-state index in [4.69, 9.17) is 4.52 Å². The molecule has 0 aliphatic carbocycles. The SMILES string of the molecule is CCOP(C)(=O)SCC[N+](C)(C)c1ccc(C)cc1.COS(=O)(=O)[O-]. The zero-order chi connectivity index (χ0) is 19.7. The molecule has 1 aromatic carbocycles. The lowest BCUT2D eigenvalue weighted by molar-refractivity contribution is 0.314. The number of aryl methyl sites for hydroxylation is 1. The van der Waals surface area contributed by atoms with E-state index in [2.05, 4.69) is 49.5 Å². The summed E-state index contributed by atoms with van der Waals surface area (Å²) in [6.45, 7) is 4.64. The van der Waals surface area contributed by atoms with Crippen molar-refractivity contribution < 1.29 is 26.2 Å². The van der Waals surface area contributed by atoms with Crippen molar-refractivity contribution in [1.82, 2.24) is 4.48 Å². The van der Waals surface area contributed by atoms with Gasteiger partial charge in [-0.05, 0) is 26.0 Å². The fourth-order valence-corrected chi connectivity index (χ4v) is 4.98. The van der Waals surface area contributed by atoms with Crippen LogP contribution in [0, 0.1) is 6.92 Å². The molecule has 1 aromatic rings. The Morgan fingerprint density at radius 1 is 1.24 bits per heavy atom. The molecular formula is C15H28NO6PS2. The second-order valence-electron chi connectivity index (χ2n) is 5.84. The number of hydrogen-bond donors (Lipinski definition) is 0. The van der Waals surface area contributed by atoms with E-state index < -0.39 is 17.0 Å². The fraction of sp³-hybridized carbons (Fsp3) is 0.600. The molecule has 10 heteroatoms. The van der Waals surface area contributed by atoms with Crippen LogP contribution in [0.1, 0.15) is 12.5 Å². The topological polar surface area (TPSA) is 92.7 Å². The zero-order valence-corrected chi connectivity index (χ0v) is 18.1. The van der Waals surface area contributed by atoms with Crippen LogP contribution in [-0.2, 0) is 23.7 Å². The fourth-order valence-electron chi connectivity index (χ4n) is 1.78. The van der Waals surface area contributed by atoms with Crippen LogP contribution in [0.2, 0.25) is 0 Å². The van der Waals surface area contributed by atoms with Crippen molar-refractivity contribution in [2.45, 2.75) is 13.8 Å². The van der Waals surface area contributed by atoms with Crippen LogP contribution in [0.25, 0.3) is 0 Å². The number of quaternary nitrogens is 1. The smallest absolute Gasteiger partial charge is 0.254 e. The van der Waals surface area contributed by atoms with Gasteiger partial charge < -0.3 is 9.08 Å². The first-order valence-corrected chi connectivity index (χ1v) is 12.6. The third kappa shape index (κ3) is 11.8. The minimum Gasteiger partial charge on any atom is -0.726 e. The molecule has 0 saturated heterocycles. The van der Waals surface area contributed by atoms with E-state index in [0.29, 0.717) is 6.61 Å². The van der Waals surface area contributed by atoms with Crippen LogP contribution in [0.4, 0.5) is 5.69 Å². The van der Waals surface area contributed by atoms with Gasteiger partial charge in [-0.2, -0.15) is 0 Å². The van der Waals surface area contributed by atoms with Crippen molar-refractivity contribution in [3.8, 4) is 0 Å². The minimum atomic E-state index is -4.41. The second kappa shape index (κ2) is 10.7. The summed E-state index contributed by atoms with van der Waals surface area (Å²) < 4.78 is 49.1. The molecule has 0 aliphatic rings. The summed E-state index contributed by atoms with van der Waals surface area (Å²) in [5.41, 5.74) is 2.54. The number of hydrogen-bond acceptors (Lipinski definition) is 7. The van der Waals surface area contributed by atoms with Gasteiger partial charge >= 0.3 is 0 Å². The Hall–Kier alpha value is -0.410. The number of nitrogens with zero attached hydrogens (tertiary/aromatic N) is 1. The lowest BCUT2D eigenvalue weighted by atomic mass is 10.2. The first kappa shape index (κ1) is 24.6. The predicted molar refractivity (Wildman–Crippen MR) is 104 cm³/mol. The maximum Gasteiger partial charge on any atom is 0.254 e. The summed E-state index contributed by atoms with van der Waals surface area (Å²) in [7, 11) is 0.742. The van der Waals surface area contributed by atoms with E-state index in [1.54, 1.807) is 6.66 Å². The molecular weight excluding hydrogens is 385 g/mol. The Balaban J connectivity index is 0.000000823. The first-order chi connectivity index (χ1) is 11.3. The molecule has 0 fully saturated rings. The average molecular weight is 413 g/mol. The summed E-state index contributed by atoms with van der Waals surface area (Å²) in [4.78, 5) is 0. The largest absolute Gasteiger partial charge is 0.726 e. The van der Waals surface area contributed by atoms with Gasteiger partial charge in [-0.3, -0.25) is 13.2 Å². The van der Waals surface area contributed by atoms with Crippen molar-refractivity contribution in [3.05, 3.63) is 29.8 Å². The Morgan fingerprint density at radius 2 is 1.72 bits per heavy atom. The summed E-state index contributed by atoms with van der Waals surface area (Å²) in [6, 6.07) is 8.59. The third-order valence-electron chi connectivity index (χ3n) is 3.28. The standard InChI is InChI=1S/C14H25NO2PS.CH4O4S/c1-6-17-18(5,16)19-12-11-15(3,4)14-9-7-13(2)8-10-14;1-5-6(2,3)4/h7-10H,6,11-12H2,1-5H3;1H3,(H,2,3,4)/q+1;/p-1. The quantitative estimate of drug-likeness (QED) is 0.279. The molecule has 146 valence electrons. The van der Waals surface area contributed by atoms with Crippen molar-refractivity contribution in [2.75, 3.05) is 46.8 Å². The van der Waals surface area contributed by atoms with Crippen molar-refractivity contribution >= 4 is 34.0 Å².